The van der Waals surface area contributed by atoms with E-state index in [2.05, 4.69) is 0 Å². The Kier molecular flexibility index (Phi) is 4.28. The number of rotatable bonds is 5. The van der Waals surface area contributed by atoms with E-state index in [0.29, 0.717) is 25.3 Å². The second-order valence-corrected chi connectivity index (χ2v) is 4.91. The molecule has 16 heavy (non-hydrogen) atoms. The lowest BCUT2D eigenvalue weighted by Gasteiger charge is -2.24. The van der Waals surface area contributed by atoms with Gasteiger partial charge in [0.15, 0.2) is 0 Å². The lowest BCUT2D eigenvalue weighted by Crippen LogP contribution is -2.31. The minimum absolute atomic E-state index is 0.144. The van der Waals surface area contributed by atoms with E-state index >= 15 is 0 Å². The number of hydrogen-bond acceptors (Lipinski definition) is 4. The van der Waals surface area contributed by atoms with Crippen molar-refractivity contribution in [2.75, 3.05) is 24.5 Å². The highest BCUT2D eigenvalue weighted by Gasteiger charge is 2.16. The molecule has 0 saturated carbocycles. The molecular formula is C10H17N3O2S. The fourth-order valence-electron chi connectivity index (χ4n) is 1.56. The highest BCUT2D eigenvalue weighted by molar-refractivity contribution is 7.89. The smallest absolute Gasteiger partial charge is 0.240 e. The average molecular weight is 243 g/mol. The molecule has 0 aliphatic heterocycles. The molecule has 1 aromatic rings. The molecule has 0 aromatic heterocycles. The molecule has 0 atom stereocenters. The summed E-state index contributed by atoms with van der Waals surface area (Å²) in [6, 6.07) is 6.67. The molecular weight excluding hydrogens is 226 g/mol. The number of hydrogen-bond donors (Lipinski definition) is 2. The van der Waals surface area contributed by atoms with Crippen molar-refractivity contribution in [3.63, 3.8) is 0 Å². The van der Waals surface area contributed by atoms with Gasteiger partial charge in [-0.25, -0.2) is 13.6 Å². The van der Waals surface area contributed by atoms with Gasteiger partial charge in [0.25, 0.3) is 0 Å². The molecule has 1 aromatic carbocycles. The van der Waals surface area contributed by atoms with Gasteiger partial charge < -0.3 is 10.6 Å². The molecule has 90 valence electrons. The summed E-state index contributed by atoms with van der Waals surface area (Å²) < 4.78 is 22.8. The zero-order chi connectivity index (χ0) is 12.2. The normalized spacial score (nSPS) is 11.4. The molecule has 0 radical (unpaired) electrons. The van der Waals surface area contributed by atoms with Crippen LogP contribution in [-0.4, -0.2) is 28.1 Å². The second kappa shape index (κ2) is 5.29. The van der Waals surface area contributed by atoms with Gasteiger partial charge in [0, 0.05) is 19.6 Å². The summed E-state index contributed by atoms with van der Waals surface area (Å²) in [5.41, 5.74) is 6.09. The van der Waals surface area contributed by atoms with Crippen LogP contribution in [-0.2, 0) is 10.0 Å². The van der Waals surface area contributed by atoms with Crippen molar-refractivity contribution < 1.29 is 8.42 Å². The maximum atomic E-state index is 11.4. The number of nitrogens with zero attached hydrogens (tertiary/aromatic N) is 1. The Hall–Kier alpha value is -1.11. The van der Waals surface area contributed by atoms with Crippen molar-refractivity contribution >= 4 is 15.7 Å². The second-order valence-electron chi connectivity index (χ2n) is 3.38. The van der Waals surface area contributed by atoms with E-state index in [-0.39, 0.29) is 4.90 Å². The SMILES string of the molecule is CCN(CCN)c1ccccc1S(N)(=O)=O. The summed E-state index contributed by atoms with van der Waals surface area (Å²) in [6.07, 6.45) is 0. The Morgan fingerprint density at radius 2 is 1.94 bits per heavy atom. The molecule has 0 heterocycles. The predicted molar refractivity (Wildman–Crippen MR) is 64.8 cm³/mol. The number of likely N-dealkylation sites (N-methyl/N-ethyl adjacent to an activating group) is 1. The zero-order valence-corrected chi connectivity index (χ0v) is 10.1. The molecule has 0 unspecified atom stereocenters. The Morgan fingerprint density at radius 3 is 2.44 bits per heavy atom. The minimum Gasteiger partial charge on any atom is -0.369 e. The maximum Gasteiger partial charge on any atom is 0.240 e. The molecule has 0 aliphatic rings. The first kappa shape index (κ1) is 13.0. The molecule has 0 spiro atoms. The molecule has 6 heteroatoms. The van der Waals surface area contributed by atoms with E-state index in [4.69, 9.17) is 10.9 Å². The van der Waals surface area contributed by atoms with Crippen molar-refractivity contribution in [2.45, 2.75) is 11.8 Å². The van der Waals surface area contributed by atoms with Crippen LogP contribution in [0.15, 0.2) is 29.2 Å². The Morgan fingerprint density at radius 1 is 1.31 bits per heavy atom. The van der Waals surface area contributed by atoms with Gasteiger partial charge in [0.2, 0.25) is 10.0 Å². The first-order valence-corrected chi connectivity index (χ1v) is 6.62. The Bertz CT molecular complexity index is 445. The first-order valence-electron chi connectivity index (χ1n) is 5.07. The summed E-state index contributed by atoms with van der Waals surface area (Å²) >= 11 is 0. The highest BCUT2D eigenvalue weighted by Crippen LogP contribution is 2.23. The van der Waals surface area contributed by atoms with Gasteiger partial charge >= 0.3 is 0 Å². The highest BCUT2D eigenvalue weighted by atomic mass is 32.2. The molecule has 1 rings (SSSR count). The fraction of sp³-hybridized carbons (Fsp3) is 0.400. The first-order chi connectivity index (χ1) is 7.50. The third-order valence-corrected chi connectivity index (χ3v) is 3.25. The molecule has 0 saturated heterocycles. The lowest BCUT2D eigenvalue weighted by atomic mass is 10.3. The molecule has 0 amide bonds. The van der Waals surface area contributed by atoms with Crippen LogP contribution in [0.5, 0.6) is 0 Å². The quantitative estimate of drug-likeness (QED) is 0.768. The number of sulfonamides is 1. The summed E-state index contributed by atoms with van der Waals surface area (Å²) in [4.78, 5) is 2.03. The van der Waals surface area contributed by atoms with Crippen LogP contribution >= 0.6 is 0 Å². The van der Waals surface area contributed by atoms with Crippen LogP contribution in [0.25, 0.3) is 0 Å². The van der Waals surface area contributed by atoms with Gasteiger partial charge in [-0.1, -0.05) is 12.1 Å². The van der Waals surface area contributed by atoms with Crippen LogP contribution in [0.1, 0.15) is 6.92 Å². The van der Waals surface area contributed by atoms with Crippen LogP contribution in [0.2, 0.25) is 0 Å². The maximum absolute atomic E-state index is 11.4. The minimum atomic E-state index is -3.69. The van der Waals surface area contributed by atoms with E-state index in [1.807, 2.05) is 11.8 Å². The van der Waals surface area contributed by atoms with Gasteiger partial charge in [0.05, 0.1) is 5.69 Å². The number of benzene rings is 1. The van der Waals surface area contributed by atoms with E-state index in [9.17, 15) is 8.42 Å². The van der Waals surface area contributed by atoms with Crippen molar-refractivity contribution in [3.8, 4) is 0 Å². The molecule has 0 aliphatic carbocycles. The topological polar surface area (TPSA) is 89.4 Å². The third-order valence-electron chi connectivity index (χ3n) is 2.29. The molecule has 4 N–H and O–H groups in total. The van der Waals surface area contributed by atoms with Crippen LogP contribution < -0.4 is 15.8 Å². The van der Waals surface area contributed by atoms with Gasteiger partial charge in [0.1, 0.15) is 4.90 Å². The third kappa shape index (κ3) is 2.94. The van der Waals surface area contributed by atoms with Crippen LogP contribution in [0, 0.1) is 0 Å². The Balaban J connectivity index is 3.22. The number of anilines is 1. The molecule has 5 nitrogen and oxygen atoms in total. The molecule has 0 fully saturated rings. The number of para-hydroxylation sites is 1. The van der Waals surface area contributed by atoms with Crippen LogP contribution in [0.3, 0.4) is 0 Å². The summed E-state index contributed by atoms with van der Waals surface area (Å²) in [7, 11) is -3.69. The number of primary sulfonamides is 1. The Labute approximate surface area is 96.1 Å². The average Bonchev–Trinajstić information content (AvgIpc) is 2.25. The van der Waals surface area contributed by atoms with E-state index in [0.717, 1.165) is 0 Å². The van der Waals surface area contributed by atoms with Gasteiger partial charge in [-0.2, -0.15) is 0 Å². The monoisotopic (exact) mass is 243 g/mol. The summed E-state index contributed by atoms with van der Waals surface area (Å²) in [5, 5.41) is 5.16. The predicted octanol–water partition coefficient (Wildman–Crippen LogP) is 0.119. The van der Waals surface area contributed by atoms with Gasteiger partial charge in [-0.3, -0.25) is 0 Å². The van der Waals surface area contributed by atoms with Crippen molar-refractivity contribution in [2.24, 2.45) is 10.9 Å². The van der Waals surface area contributed by atoms with Crippen molar-refractivity contribution in [1.82, 2.24) is 0 Å². The van der Waals surface area contributed by atoms with E-state index in [1.54, 1.807) is 18.2 Å². The number of nitrogens with two attached hydrogens (primary N) is 2. The zero-order valence-electron chi connectivity index (χ0n) is 9.26. The van der Waals surface area contributed by atoms with E-state index < -0.39 is 10.0 Å². The largest absolute Gasteiger partial charge is 0.369 e. The van der Waals surface area contributed by atoms with E-state index in [1.165, 1.54) is 6.07 Å². The van der Waals surface area contributed by atoms with Crippen LogP contribution in [0.4, 0.5) is 5.69 Å². The van der Waals surface area contributed by atoms with Crippen molar-refractivity contribution in [1.29, 1.82) is 0 Å². The van der Waals surface area contributed by atoms with Crippen molar-refractivity contribution in [3.05, 3.63) is 24.3 Å². The van der Waals surface area contributed by atoms with Gasteiger partial charge in [-0.15, -0.1) is 0 Å². The fourth-order valence-corrected chi connectivity index (χ4v) is 2.32. The molecule has 0 bridgehead atoms. The summed E-state index contributed by atoms with van der Waals surface area (Å²) in [6.45, 7) is 3.69. The lowest BCUT2D eigenvalue weighted by molar-refractivity contribution is 0.597. The summed E-state index contributed by atoms with van der Waals surface area (Å²) in [5.74, 6) is 0. The van der Waals surface area contributed by atoms with Gasteiger partial charge in [-0.05, 0) is 19.1 Å². The standard InChI is InChI=1S/C10H17N3O2S/c1-2-13(8-7-11)9-5-3-4-6-10(9)16(12,14)15/h3-6H,2,7-8,11H2,1H3,(H2,12,14,15).